The summed E-state index contributed by atoms with van der Waals surface area (Å²) < 4.78 is 10.0. The molecule has 0 spiro atoms. The summed E-state index contributed by atoms with van der Waals surface area (Å²) in [4.78, 5) is 26.4. The molecule has 2 fully saturated rings. The van der Waals surface area contributed by atoms with Gasteiger partial charge in [0.05, 0.1) is 20.1 Å². The van der Waals surface area contributed by atoms with Crippen molar-refractivity contribution in [1.29, 1.82) is 0 Å². The lowest BCUT2D eigenvalue weighted by atomic mass is 9.89. The highest BCUT2D eigenvalue weighted by Gasteiger charge is 2.42. The summed E-state index contributed by atoms with van der Waals surface area (Å²) in [5, 5.41) is 10.5. The largest absolute Gasteiger partial charge is 0.467 e. The molecule has 3 atom stereocenters. The van der Waals surface area contributed by atoms with E-state index in [4.69, 9.17) is 4.74 Å². The number of esters is 2. The fourth-order valence-electron chi connectivity index (χ4n) is 3.96. The normalized spacial score (nSPS) is 26.8. The number of hydrogen-bond acceptors (Lipinski definition) is 6. The maximum absolute atomic E-state index is 12.1. The Kier molecular flexibility index (Phi) is 6.03. The molecule has 1 N–H and O–H groups in total. The number of methoxy groups -OCH3 is 1. The molecule has 0 aliphatic carbocycles. The number of nitrogens with zero attached hydrogens (tertiary/aromatic N) is 1. The molecule has 0 aromatic rings. The van der Waals surface area contributed by atoms with Crippen molar-refractivity contribution in [3.05, 3.63) is 0 Å². The molecule has 2 heterocycles. The summed E-state index contributed by atoms with van der Waals surface area (Å²) in [5.41, 5.74) is -1.80. The predicted molar refractivity (Wildman–Crippen MR) is 84.7 cm³/mol. The summed E-state index contributed by atoms with van der Waals surface area (Å²) >= 11 is 0. The summed E-state index contributed by atoms with van der Waals surface area (Å²) in [6.07, 6.45) is 3.26. The van der Waals surface area contributed by atoms with Gasteiger partial charge in [0.15, 0.2) is 5.60 Å². The molecule has 6 heteroatoms. The van der Waals surface area contributed by atoms with E-state index in [1.165, 1.54) is 20.0 Å². The first-order chi connectivity index (χ1) is 10.9. The lowest BCUT2D eigenvalue weighted by molar-refractivity contribution is -0.172. The van der Waals surface area contributed by atoms with Crippen LogP contribution in [0, 0.1) is 11.8 Å². The van der Waals surface area contributed by atoms with E-state index in [0.717, 1.165) is 19.5 Å². The van der Waals surface area contributed by atoms with E-state index in [1.54, 1.807) is 0 Å². The van der Waals surface area contributed by atoms with E-state index >= 15 is 0 Å². The molecular weight excluding hydrogens is 298 g/mol. The number of aliphatic hydroxyl groups is 1. The molecule has 2 aliphatic heterocycles. The van der Waals surface area contributed by atoms with Crippen molar-refractivity contribution < 1.29 is 24.2 Å². The second kappa shape index (κ2) is 7.62. The summed E-state index contributed by atoms with van der Waals surface area (Å²) in [6.45, 7) is 6.36. The van der Waals surface area contributed by atoms with E-state index in [-0.39, 0.29) is 18.8 Å². The highest BCUT2D eigenvalue weighted by Crippen LogP contribution is 2.33. The molecule has 2 aliphatic rings. The maximum atomic E-state index is 12.1. The zero-order valence-corrected chi connectivity index (χ0v) is 14.4. The summed E-state index contributed by atoms with van der Waals surface area (Å²) in [5.74, 6) is -0.868. The second-order valence-corrected chi connectivity index (χ2v) is 7.28. The molecule has 132 valence electrons. The second-order valence-electron chi connectivity index (χ2n) is 7.28. The number of rotatable bonds is 7. The Labute approximate surface area is 138 Å². The van der Waals surface area contributed by atoms with Gasteiger partial charge in [0.25, 0.3) is 0 Å². The van der Waals surface area contributed by atoms with Gasteiger partial charge in [-0.05, 0) is 44.7 Å². The van der Waals surface area contributed by atoms with Gasteiger partial charge in [-0.1, -0.05) is 13.8 Å². The summed E-state index contributed by atoms with van der Waals surface area (Å²) in [7, 11) is 1.21. The van der Waals surface area contributed by atoms with Crippen LogP contribution in [0.3, 0.4) is 0 Å². The van der Waals surface area contributed by atoms with Crippen molar-refractivity contribution in [3.8, 4) is 0 Å². The Balaban J connectivity index is 1.85. The lowest BCUT2D eigenvalue weighted by Crippen LogP contribution is -2.43. The van der Waals surface area contributed by atoms with Crippen LogP contribution in [-0.4, -0.2) is 60.4 Å². The number of fused-ring (bicyclic) bond motifs is 1. The number of ether oxygens (including phenoxy) is 2. The molecule has 0 saturated carbocycles. The maximum Gasteiger partial charge on any atom is 0.338 e. The quantitative estimate of drug-likeness (QED) is 0.712. The Morgan fingerprint density at radius 2 is 2.04 bits per heavy atom. The van der Waals surface area contributed by atoms with Crippen molar-refractivity contribution in [1.82, 2.24) is 4.90 Å². The highest BCUT2D eigenvalue weighted by molar-refractivity contribution is 5.85. The smallest absolute Gasteiger partial charge is 0.338 e. The minimum atomic E-state index is -1.80. The van der Waals surface area contributed by atoms with Crippen molar-refractivity contribution in [2.24, 2.45) is 11.8 Å². The van der Waals surface area contributed by atoms with E-state index in [0.29, 0.717) is 18.6 Å². The van der Waals surface area contributed by atoms with Crippen molar-refractivity contribution >= 4 is 11.9 Å². The number of carbonyl (C=O) groups excluding carboxylic acids is 2. The van der Waals surface area contributed by atoms with Gasteiger partial charge in [0.1, 0.15) is 0 Å². The van der Waals surface area contributed by atoms with E-state index in [2.05, 4.69) is 9.64 Å². The third-order valence-electron chi connectivity index (χ3n) is 4.95. The first kappa shape index (κ1) is 18.2. The fraction of sp³-hybridized carbons (Fsp3) is 0.882. The summed E-state index contributed by atoms with van der Waals surface area (Å²) in [6, 6.07) is 0.526. The monoisotopic (exact) mass is 327 g/mol. The van der Waals surface area contributed by atoms with Gasteiger partial charge in [-0.2, -0.15) is 0 Å². The van der Waals surface area contributed by atoms with Crippen LogP contribution < -0.4 is 0 Å². The van der Waals surface area contributed by atoms with Crippen LogP contribution >= 0.6 is 0 Å². The molecular formula is C17H29NO5. The van der Waals surface area contributed by atoms with Gasteiger partial charge in [-0.25, -0.2) is 4.79 Å². The predicted octanol–water partition coefficient (Wildman–Crippen LogP) is 1.35. The molecule has 3 unspecified atom stereocenters. The van der Waals surface area contributed by atoms with E-state index < -0.39 is 17.5 Å². The van der Waals surface area contributed by atoms with Crippen LogP contribution in [0.1, 0.15) is 46.0 Å². The van der Waals surface area contributed by atoms with Gasteiger partial charge in [-0.15, -0.1) is 0 Å². The minimum Gasteiger partial charge on any atom is -0.467 e. The third kappa shape index (κ3) is 4.44. The van der Waals surface area contributed by atoms with Gasteiger partial charge < -0.3 is 14.6 Å². The molecule has 0 bridgehead atoms. The van der Waals surface area contributed by atoms with Gasteiger partial charge in [0, 0.05) is 12.0 Å². The van der Waals surface area contributed by atoms with Gasteiger partial charge >= 0.3 is 11.9 Å². The Morgan fingerprint density at radius 1 is 1.30 bits per heavy atom. The Hall–Kier alpha value is -1.14. The average molecular weight is 327 g/mol. The first-order valence-corrected chi connectivity index (χ1v) is 8.56. The fourth-order valence-corrected chi connectivity index (χ4v) is 3.96. The standard InChI is InChI=1S/C17H29NO5/c1-12(2)9-17(21,16(20)22-3)10-15(19)23-11-13-6-8-18-7-4-5-14(13)18/h12-14,21H,4-11H2,1-3H3. The van der Waals surface area contributed by atoms with Crippen LogP contribution in [-0.2, 0) is 19.1 Å². The van der Waals surface area contributed by atoms with E-state index in [1.807, 2.05) is 13.8 Å². The van der Waals surface area contributed by atoms with E-state index in [9.17, 15) is 14.7 Å². The Bertz CT molecular complexity index is 439. The van der Waals surface area contributed by atoms with Crippen LogP contribution in [0.15, 0.2) is 0 Å². The lowest BCUT2D eigenvalue weighted by Gasteiger charge is -2.26. The molecule has 6 nitrogen and oxygen atoms in total. The average Bonchev–Trinajstić information content (AvgIpc) is 3.06. The molecule has 0 radical (unpaired) electrons. The van der Waals surface area contributed by atoms with Gasteiger partial charge in [0.2, 0.25) is 0 Å². The highest BCUT2D eigenvalue weighted by atomic mass is 16.5. The Morgan fingerprint density at radius 3 is 2.70 bits per heavy atom. The number of hydrogen-bond donors (Lipinski definition) is 1. The molecule has 0 amide bonds. The third-order valence-corrected chi connectivity index (χ3v) is 4.95. The first-order valence-electron chi connectivity index (χ1n) is 8.56. The van der Waals surface area contributed by atoms with Crippen molar-refractivity contribution in [2.75, 3.05) is 26.8 Å². The zero-order valence-electron chi connectivity index (χ0n) is 14.4. The van der Waals surface area contributed by atoms with Crippen molar-refractivity contribution in [3.63, 3.8) is 0 Å². The van der Waals surface area contributed by atoms with Crippen LogP contribution in [0.4, 0.5) is 0 Å². The number of carbonyl (C=O) groups is 2. The topological polar surface area (TPSA) is 76.1 Å². The molecule has 23 heavy (non-hydrogen) atoms. The molecule has 2 rings (SSSR count). The van der Waals surface area contributed by atoms with Crippen LogP contribution in [0.5, 0.6) is 0 Å². The van der Waals surface area contributed by atoms with Crippen molar-refractivity contribution in [2.45, 2.75) is 57.6 Å². The van der Waals surface area contributed by atoms with Crippen LogP contribution in [0.2, 0.25) is 0 Å². The van der Waals surface area contributed by atoms with Gasteiger partial charge in [-0.3, -0.25) is 9.69 Å². The zero-order chi connectivity index (χ0) is 17.0. The molecule has 0 aromatic carbocycles. The SMILES string of the molecule is COC(=O)C(O)(CC(=O)OCC1CCN2CCCC12)CC(C)C. The minimum absolute atomic E-state index is 0.0637. The molecule has 0 aromatic heterocycles. The van der Waals surface area contributed by atoms with Crippen LogP contribution in [0.25, 0.3) is 0 Å². The molecule has 2 saturated heterocycles.